The molecule has 8 heteroatoms. The topological polar surface area (TPSA) is 114 Å². The van der Waals surface area contributed by atoms with Gasteiger partial charge in [0, 0.05) is 13.0 Å². The molecular weight excluding hydrogens is 424 g/mol. The van der Waals surface area contributed by atoms with Gasteiger partial charge >= 0.3 is 5.97 Å². The molecular formula is C25H30N2O6. The summed E-state index contributed by atoms with van der Waals surface area (Å²) in [6, 6.07) is 17.6. The van der Waals surface area contributed by atoms with E-state index in [0.29, 0.717) is 0 Å². The summed E-state index contributed by atoms with van der Waals surface area (Å²) in [5.74, 6) is -1.54. The zero-order valence-electron chi connectivity index (χ0n) is 18.7. The lowest BCUT2D eigenvalue weighted by Gasteiger charge is -2.35. The lowest BCUT2D eigenvalue weighted by molar-refractivity contribution is -0.156. The smallest absolute Gasteiger partial charge is 0.331 e. The third-order valence-electron chi connectivity index (χ3n) is 5.80. The number of rotatable bonds is 10. The van der Waals surface area contributed by atoms with E-state index in [1.807, 2.05) is 60.7 Å². The van der Waals surface area contributed by atoms with Gasteiger partial charge in [0.05, 0.1) is 24.7 Å². The normalized spacial score (nSPS) is 19.8. The third-order valence-corrected chi connectivity index (χ3v) is 5.80. The number of hydrogen-bond acceptors (Lipinski definition) is 6. The Morgan fingerprint density at radius 3 is 2.24 bits per heavy atom. The zero-order valence-corrected chi connectivity index (χ0v) is 18.7. The van der Waals surface area contributed by atoms with Gasteiger partial charge in [0.15, 0.2) is 6.04 Å². The Morgan fingerprint density at radius 2 is 1.67 bits per heavy atom. The van der Waals surface area contributed by atoms with E-state index >= 15 is 0 Å². The predicted octanol–water partition coefficient (Wildman–Crippen LogP) is 1.71. The van der Waals surface area contributed by atoms with Crippen molar-refractivity contribution in [1.82, 2.24) is 10.6 Å². The van der Waals surface area contributed by atoms with Crippen molar-refractivity contribution in [3.8, 4) is 0 Å². The van der Waals surface area contributed by atoms with Gasteiger partial charge in [-0.05, 0) is 24.5 Å². The highest BCUT2D eigenvalue weighted by molar-refractivity contribution is 5.92. The molecule has 8 nitrogen and oxygen atoms in total. The van der Waals surface area contributed by atoms with Crippen molar-refractivity contribution < 1.29 is 29.0 Å². The number of ether oxygens (including phenoxy) is 2. The van der Waals surface area contributed by atoms with E-state index in [2.05, 4.69) is 10.6 Å². The van der Waals surface area contributed by atoms with Crippen LogP contribution in [-0.2, 0) is 37.1 Å². The molecule has 176 valence electrons. The second kappa shape index (κ2) is 11.6. The largest absolute Gasteiger partial charge is 0.459 e. The first kappa shape index (κ1) is 24.4. The van der Waals surface area contributed by atoms with Gasteiger partial charge in [-0.3, -0.25) is 9.59 Å². The van der Waals surface area contributed by atoms with E-state index < -0.39 is 36.0 Å². The van der Waals surface area contributed by atoms with Crippen LogP contribution in [0.15, 0.2) is 60.7 Å². The van der Waals surface area contributed by atoms with Gasteiger partial charge < -0.3 is 25.2 Å². The van der Waals surface area contributed by atoms with Crippen LogP contribution in [0.1, 0.15) is 30.9 Å². The van der Waals surface area contributed by atoms with Crippen LogP contribution in [0.3, 0.4) is 0 Å². The molecule has 3 atom stereocenters. The van der Waals surface area contributed by atoms with Gasteiger partial charge in [-0.1, -0.05) is 60.7 Å². The highest BCUT2D eigenvalue weighted by Crippen LogP contribution is 2.29. The molecule has 1 heterocycles. The molecule has 1 saturated heterocycles. The van der Waals surface area contributed by atoms with Crippen molar-refractivity contribution in [3.05, 3.63) is 71.8 Å². The van der Waals surface area contributed by atoms with Gasteiger partial charge in [0.25, 0.3) is 0 Å². The average Bonchev–Trinajstić information content (AvgIpc) is 2.85. The molecule has 1 unspecified atom stereocenters. The quantitative estimate of drug-likeness (QED) is 0.471. The first-order chi connectivity index (χ1) is 15.9. The van der Waals surface area contributed by atoms with Crippen molar-refractivity contribution in [2.75, 3.05) is 13.2 Å². The van der Waals surface area contributed by atoms with Crippen molar-refractivity contribution >= 4 is 17.8 Å². The number of benzene rings is 2. The van der Waals surface area contributed by atoms with Crippen LogP contribution in [0.4, 0.5) is 0 Å². The average molecular weight is 455 g/mol. The summed E-state index contributed by atoms with van der Waals surface area (Å²) < 4.78 is 11.3. The number of piperidine rings is 1. The zero-order chi connectivity index (χ0) is 23.7. The number of nitrogens with one attached hydrogen (secondary N) is 2. The van der Waals surface area contributed by atoms with Crippen LogP contribution in [0.5, 0.6) is 0 Å². The molecule has 0 radical (unpaired) electrons. The minimum absolute atomic E-state index is 0.0466. The maximum absolute atomic E-state index is 13.2. The van der Waals surface area contributed by atoms with Crippen LogP contribution >= 0.6 is 0 Å². The predicted molar refractivity (Wildman–Crippen MR) is 121 cm³/mol. The van der Waals surface area contributed by atoms with E-state index in [-0.39, 0.29) is 38.5 Å². The number of amides is 2. The van der Waals surface area contributed by atoms with Crippen molar-refractivity contribution in [2.24, 2.45) is 5.41 Å². The summed E-state index contributed by atoms with van der Waals surface area (Å²) in [5, 5.41) is 15.3. The number of hydrogen-bond donors (Lipinski definition) is 3. The van der Waals surface area contributed by atoms with Crippen molar-refractivity contribution in [1.29, 1.82) is 0 Å². The van der Waals surface area contributed by atoms with Crippen LogP contribution in [0.2, 0.25) is 0 Å². The lowest BCUT2D eigenvalue weighted by Crippen LogP contribution is -2.57. The molecule has 1 aliphatic rings. The minimum atomic E-state index is -1.29. The summed E-state index contributed by atoms with van der Waals surface area (Å²) in [7, 11) is 0. The van der Waals surface area contributed by atoms with Gasteiger partial charge in [-0.15, -0.1) is 0 Å². The maximum Gasteiger partial charge on any atom is 0.331 e. The molecule has 2 amide bonds. The van der Waals surface area contributed by atoms with Gasteiger partial charge in [-0.2, -0.15) is 0 Å². The molecule has 3 N–H and O–H groups in total. The second-order valence-corrected chi connectivity index (χ2v) is 8.26. The van der Waals surface area contributed by atoms with Crippen LogP contribution in [0.25, 0.3) is 0 Å². The first-order valence-electron chi connectivity index (χ1n) is 11.0. The summed E-state index contributed by atoms with van der Waals surface area (Å²) in [6.45, 7) is 1.74. The number of aliphatic hydroxyl groups excluding tert-OH is 1. The molecule has 33 heavy (non-hydrogen) atoms. The summed E-state index contributed by atoms with van der Waals surface area (Å²) in [6.07, 6.45) is -0.600. The van der Waals surface area contributed by atoms with Crippen molar-refractivity contribution in [2.45, 2.75) is 45.1 Å². The molecule has 0 spiro atoms. The van der Waals surface area contributed by atoms with E-state index in [4.69, 9.17) is 9.47 Å². The fourth-order valence-corrected chi connectivity index (χ4v) is 3.68. The van der Waals surface area contributed by atoms with Gasteiger partial charge in [-0.25, -0.2) is 4.79 Å². The van der Waals surface area contributed by atoms with Crippen LogP contribution in [-0.4, -0.2) is 48.2 Å². The molecule has 1 fully saturated rings. The number of carbonyl (C=O) groups is 3. The fraction of sp³-hybridized carbons (Fsp3) is 0.400. The molecule has 2 aromatic carbocycles. The molecule has 0 bridgehead atoms. The Hall–Kier alpha value is -3.23. The van der Waals surface area contributed by atoms with Gasteiger partial charge in [0.1, 0.15) is 6.61 Å². The fourth-order valence-electron chi connectivity index (χ4n) is 3.68. The molecule has 1 aliphatic heterocycles. The lowest BCUT2D eigenvalue weighted by atomic mass is 9.78. The highest BCUT2D eigenvalue weighted by atomic mass is 16.5. The molecule has 0 aliphatic carbocycles. The highest BCUT2D eigenvalue weighted by Gasteiger charge is 2.44. The Kier molecular flexibility index (Phi) is 8.57. The number of carbonyl (C=O) groups excluding carboxylic acids is 3. The van der Waals surface area contributed by atoms with Gasteiger partial charge in [0.2, 0.25) is 11.8 Å². The van der Waals surface area contributed by atoms with Crippen LogP contribution in [0, 0.1) is 5.41 Å². The number of esters is 1. The van der Waals surface area contributed by atoms with Crippen molar-refractivity contribution in [3.63, 3.8) is 0 Å². The summed E-state index contributed by atoms with van der Waals surface area (Å²) in [4.78, 5) is 38.0. The number of aliphatic hydroxyl groups is 1. The molecule has 0 aromatic heterocycles. The van der Waals surface area contributed by atoms with E-state index in [1.54, 1.807) is 6.92 Å². The van der Waals surface area contributed by atoms with E-state index in [0.717, 1.165) is 11.1 Å². The second-order valence-electron chi connectivity index (χ2n) is 8.26. The standard InChI is InChI=1S/C25H30N2O6/c1-18(32-15-19-8-4-2-5-9-19)22(23(30)33-16-20-10-6-3-7-11-20)27-24(31)25(17-28)12-13-26-21(29)14-25/h2-11,18,22,28H,12-17H2,1H3,(H,26,29)(H,27,31)/t18-,22+,25?/m1/s1. The Bertz CT molecular complexity index is 936. The summed E-state index contributed by atoms with van der Waals surface area (Å²) >= 11 is 0. The minimum Gasteiger partial charge on any atom is -0.459 e. The Labute approximate surface area is 193 Å². The van der Waals surface area contributed by atoms with Crippen LogP contribution < -0.4 is 10.6 Å². The Balaban J connectivity index is 1.72. The molecule has 0 saturated carbocycles. The molecule has 2 aromatic rings. The summed E-state index contributed by atoms with van der Waals surface area (Å²) in [5.41, 5.74) is 0.437. The monoisotopic (exact) mass is 454 g/mol. The molecule has 3 rings (SSSR count). The first-order valence-corrected chi connectivity index (χ1v) is 11.0. The Morgan fingerprint density at radius 1 is 1.06 bits per heavy atom. The maximum atomic E-state index is 13.2. The van der Waals surface area contributed by atoms with E-state index in [1.165, 1.54) is 0 Å². The van der Waals surface area contributed by atoms with E-state index in [9.17, 15) is 19.5 Å². The third kappa shape index (κ3) is 6.63. The SMILES string of the molecule is C[C@@H](OCc1ccccc1)[C@H](NC(=O)C1(CO)CCNC(=O)C1)C(=O)OCc1ccccc1.